The number of ether oxygens (including phenoxy) is 1. The number of pyridine rings is 1. The standard InChI is InChI=1S/C13H12N4O3/c1-3-20-13(19)10-7-17-6-4-5-9(11(17)16-10)12(18)15-8-14-2/h4-7H,3,8H2,1H3,(H,15,18). The topological polar surface area (TPSA) is 77.1 Å². The molecule has 102 valence electrons. The molecule has 20 heavy (non-hydrogen) atoms. The lowest BCUT2D eigenvalue weighted by atomic mass is 10.2. The summed E-state index contributed by atoms with van der Waals surface area (Å²) in [6.07, 6.45) is 3.18. The lowest BCUT2D eigenvalue weighted by Gasteiger charge is -2.01. The fourth-order valence-electron chi connectivity index (χ4n) is 1.70. The first kappa shape index (κ1) is 13.5. The van der Waals surface area contributed by atoms with Crippen LogP contribution in [0, 0.1) is 6.57 Å². The highest BCUT2D eigenvalue weighted by molar-refractivity contribution is 6.00. The largest absolute Gasteiger partial charge is 0.461 e. The van der Waals surface area contributed by atoms with Gasteiger partial charge in [-0.1, -0.05) is 0 Å². The summed E-state index contributed by atoms with van der Waals surface area (Å²) in [6, 6.07) is 3.24. The first-order valence-electron chi connectivity index (χ1n) is 5.93. The molecule has 0 fully saturated rings. The molecule has 0 saturated heterocycles. The number of nitrogens with zero attached hydrogens (tertiary/aromatic N) is 3. The minimum Gasteiger partial charge on any atom is -0.461 e. The Labute approximate surface area is 115 Å². The van der Waals surface area contributed by atoms with Crippen molar-refractivity contribution in [3.05, 3.63) is 47.2 Å². The van der Waals surface area contributed by atoms with Crippen molar-refractivity contribution in [3.8, 4) is 0 Å². The second-order valence-electron chi connectivity index (χ2n) is 3.82. The number of rotatable bonds is 4. The van der Waals surface area contributed by atoms with E-state index < -0.39 is 11.9 Å². The fourth-order valence-corrected chi connectivity index (χ4v) is 1.70. The Balaban J connectivity index is 2.40. The minimum atomic E-state index is -0.538. The third kappa shape index (κ3) is 2.59. The van der Waals surface area contributed by atoms with Crippen LogP contribution in [0.5, 0.6) is 0 Å². The molecule has 2 rings (SSSR count). The predicted octanol–water partition coefficient (Wildman–Crippen LogP) is 1.12. The number of esters is 1. The minimum absolute atomic E-state index is 0.106. The Morgan fingerprint density at radius 3 is 3.05 bits per heavy atom. The van der Waals surface area contributed by atoms with E-state index in [0.717, 1.165) is 0 Å². The first-order chi connectivity index (χ1) is 9.67. The van der Waals surface area contributed by atoms with E-state index in [1.807, 2.05) is 0 Å². The van der Waals surface area contributed by atoms with E-state index in [4.69, 9.17) is 11.3 Å². The van der Waals surface area contributed by atoms with Crippen LogP contribution in [0.15, 0.2) is 24.5 Å². The summed E-state index contributed by atoms with van der Waals surface area (Å²) in [5, 5.41) is 2.44. The van der Waals surface area contributed by atoms with Gasteiger partial charge < -0.3 is 9.14 Å². The number of hydrogen-bond donors (Lipinski definition) is 1. The van der Waals surface area contributed by atoms with E-state index in [-0.39, 0.29) is 19.0 Å². The van der Waals surface area contributed by atoms with Crippen molar-refractivity contribution in [2.45, 2.75) is 6.92 Å². The van der Waals surface area contributed by atoms with Gasteiger partial charge in [0.1, 0.15) is 0 Å². The smallest absolute Gasteiger partial charge is 0.358 e. The van der Waals surface area contributed by atoms with Gasteiger partial charge in [0, 0.05) is 12.4 Å². The summed E-state index contributed by atoms with van der Waals surface area (Å²) in [5.74, 6) is -0.948. The molecule has 0 unspecified atom stereocenters. The van der Waals surface area contributed by atoms with Crippen molar-refractivity contribution in [3.63, 3.8) is 0 Å². The molecule has 2 heterocycles. The summed E-state index contributed by atoms with van der Waals surface area (Å²) in [4.78, 5) is 30.7. The van der Waals surface area contributed by atoms with Gasteiger partial charge in [-0.05, 0) is 19.1 Å². The average molecular weight is 272 g/mol. The van der Waals surface area contributed by atoms with Gasteiger partial charge >= 0.3 is 5.97 Å². The first-order valence-corrected chi connectivity index (χ1v) is 5.93. The van der Waals surface area contributed by atoms with Crippen LogP contribution in [0.25, 0.3) is 10.5 Å². The monoisotopic (exact) mass is 272 g/mol. The average Bonchev–Trinajstić information content (AvgIpc) is 2.88. The van der Waals surface area contributed by atoms with E-state index in [0.29, 0.717) is 11.2 Å². The van der Waals surface area contributed by atoms with Crippen LogP contribution in [0.3, 0.4) is 0 Å². The number of carbonyl (C=O) groups excluding carboxylic acids is 2. The molecule has 0 aliphatic heterocycles. The second kappa shape index (κ2) is 5.84. The van der Waals surface area contributed by atoms with Crippen LogP contribution in [0.4, 0.5) is 0 Å². The van der Waals surface area contributed by atoms with E-state index >= 15 is 0 Å². The third-order valence-electron chi connectivity index (χ3n) is 2.53. The van der Waals surface area contributed by atoms with E-state index in [2.05, 4.69) is 15.1 Å². The van der Waals surface area contributed by atoms with Gasteiger partial charge in [-0.3, -0.25) is 15.0 Å². The van der Waals surface area contributed by atoms with E-state index in [1.165, 1.54) is 6.20 Å². The quantitative estimate of drug-likeness (QED) is 0.668. The molecular formula is C13H12N4O3. The molecule has 1 N–H and O–H groups in total. The number of nitrogens with one attached hydrogen (secondary N) is 1. The molecule has 7 heteroatoms. The maximum atomic E-state index is 11.9. The summed E-state index contributed by atoms with van der Waals surface area (Å²) < 4.78 is 6.44. The molecule has 0 bridgehead atoms. The number of carbonyl (C=O) groups is 2. The maximum absolute atomic E-state index is 11.9. The Morgan fingerprint density at radius 2 is 2.35 bits per heavy atom. The number of amides is 1. The van der Waals surface area contributed by atoms with Gasteiger partial charge in [-0.15, -0.1) is 0 Å². The zero-order valence-electron chi connectivity index (χ0n) is 10.8. The van der Waals surface area contributed by atoms with Crippen molar-refractivity contribution < 1.29 is 14.3 Å². The summed E-state index contributed by atoms with van der Waals surface area (Å²) in [7, 11) is 0. The zero-order valence-corrected chi connectivity index (χ0v) is 10.8. The summed E-state index contributed by atoms with van der Waals surface area (Å²) in [5.41, 5.74) is 0.780. The van der Waals surface area contributed by atoms with Crippen LogP contribution >= 0.6 is 0 Å². The third-order valence-corrected chi connectivity index (χ3v) is 2.53. The molecule has 1 amide bonds. The number of imidazole rings is 1. The molecule has 7 nitrogen and oxygen atoms in total. The fraction of sp³-hybridized carbons (Fsp3) is 0.231. The second-order valence-corrected chi connectivity index (χ2v) is 3.82. The number of aromatic nitrogens is 2. The predicted molar refractivity (Wildman–Crippen MR) is 70.1 cm³/mol. The highest BCUT2D eigenvalue weighted by Crippen LogP contribution is 2.12. The highest BCUT2D eigenvalue weighted by atomic mass is 16.5. The normalized spacial score (nSPS) is 10.0. The highest BCUT2D eigenvalue weighted by Gasteiger charge is 2.17. The molecule has 2 aromatic heterocycles. The van der Waals surface area contributed by atoms with Crippen molar-refractivity contribution in [1.82, 2.24) is 14.7 Å². The number of hydrogen-bond acceptors (Lipinski definition) is 4. The Bertz CT molecular complexity index is 699. The van der Waals surface area contributed by atoms with Crippen molar-refractivity contribution in [2.24, 2.45) is 0 Å². The molecule has 0 saturated carbocycles. The molecule has 0 aliphatic rings. The number of fused-ring (bicyclic) bond motifs is 1. The lowest BCUT2D eigenvalue weighted by Crippen LogP contribution is -2.23. The van der Waals surface area contributed by atoms with Crippen LogP contribution in [0.2, 0.25) is 0 Å². The maximum Gasteiger partial charge on any atom is 0.358 e. The van der Waals surface area contributed by atoms with Gasteiger partial charge in [0.25, 0.3) is 12.6 Å². The summed E-state index contributed by atoms with van der Waals surface area (Å²) >= 11 is 0. The van der Waals surface area contributed by atoms with Crippen LogP contribution < -0.4 is 5.32 Å². The zero-order chi connectivity index (χ0) is 14.5. The van der Waals surface area contributed by atoms with Gasteiger partial charge in [-0.25, -0.2) is 16.4 Å². The van der Waals surface area contributed by atoms with Gasteiger partial charge in [-0.2, -0.15) is 0 Å². The van der Waals surface area contributed by atoms with Crippen LogP contribution in [0.1, 0.15) is 27.8 Å². The Hall–Kier alpha value is -2.88. The van der Waals surface area contributed by atoms with E-state index in [9.17, 15) is 9.59 Å². The Kier molecular flexibility index (Phi) is 3.96. The van der Waals surface area contributed by atoms with Gasteiger partial charge in [0.15, 0.2) is 11.3 Å². The lowest BCUT2D eigenvalue weighted by molar-refractivity contribution is 0.0520. The molecule has 0 aliphatic carbocycles. The molecule has 2 aromatic rings. The molecule has 0 atom stereocenters. The molecule has 0 spiro atoms. The molecule has 0 radical (unpaired) electrons. The molecular weight excluding hydrogens is 260 g/mol. The van der Waals surface area contributed by atoms with Gasteiger partial charge in [0.05, 0.1) is 12.2 Å². The SMILES string of the molecule is [C-]#[N+]CNC(=O)c1cccn2cc(C(=O)OCC)nc12. The Morgan fingerprint density at radius 1 is 1.55 bits per heavy atom. The van der Waals surface area contributed by atoms with Gasteiger partial charge in [0.2, 0.25) is 0 Å². The van der Waals surface area contributed by atoms with Crippen LogP contribution in [-0.4, -0.2) is 34.5 Å². The van der Waals surface area contributed by atoms with Crippen molar-refractivity contribution in [2.75, 3.05) is 13.3 Å². The van der Waals surface area contributed by atoms with Crippen molar-refractivity contribution in [1.29, 1.82) is 0 Å². The van der Waals surface area contributed by atoms with E-state index in [1.54, 1.807) is 29.7 Å². The summed E-state index contributed by atoms with van der Waals surface area (Å²) in [6.45, 7) is 8.51. The molecule has 0 aromatic carbocycles. The van der Waals surface area contributed by atoms with Crippen LogP contribution in [-0.2, 0) is 4.74 Å². The van der Waals surface area contributed by atoms with Crippen molar-refractivity contribution >= 4 is 17.5 Å².